The lowest BCUT2D eigenvalue weighted by Crippen LogP contribution is -2.29. The number of carbonyl (C=O) groups excluding carboxylic acids is 1. The molecule has 1 aromatic carbocycles. The van der Waals surface area contributed by atoms with Gasteiger partial charge in [-0.25, -0.2) is 4.98 Å². The van der Waals surface area contributed by atoms with Crippen LogP contribution < -0.4 is 16.4 Å². The van der Waals surface area contributed by atoms with Crippen LogP contribution in [0.2, 0.25) is 0 Å². The molecule has 3 aromatic rings. The number of hydrogen-bond acceptors (Lipinski definition) is 6. The summed E-state index contributed by atoms with van der Waals surface area (Å²) >= 11 is 0. The van der Waals surface area contributed by atoms with Gasteiger partial charge in [0.2, 0.25) is 0 Å². The van der Waals surface area contributed by atoms with E-state index in [1.165, 1.54) is 12.1 Å². The topological polar surface area (TPSA) is 128 Å². The highest BCUT2D eigenvalue weighted by molar-refractivity contribution is 5.95. The fourth-order valence-corrected chi connectivity index (χ4v) is 2.89. The van der Waals surface area contributed by atoms with Crippen molar-refractivity contribution in [3.05, 3.63) is 58.3 Å². The first kappa shape index (κ1) is 20.3. The average Bonchev–Trinajstić information content (AvgIpc) is 3.02. The molecule has 2 heterocycles. The van der Waals surface area contributed by atoms with Crippen molar-refractivity contribution in [2.75, 3.05) is 18.4 Å². The Kier molecular flexibility index (Phi) is 5.51. The summed E-state index contributed by atoms with van der Waals surface area (Å²) in [6.45, 7) is 6.84. The van der Waals surface area contributed by atoms with Crippen LogP contribution in [0.25, 0.3) is 16.9 Å². The average molecular weight is 396 g/mol. The maximum atomic E-state index is 12.3. The lowest BCUT2D eigenvalue weighted by Gasteiger charge is -2.22. The van der Waals surface area contributed by atoms with Crippen LogP contribution in [0.3, 0.4) is 0 Å². The predicted molar refractivity (Wildman–Crippen MR) is 112 cm³/mol. The number of aromatic nitrogens is 2. The van der Waals surface area contributed by atoms with Gasteiger partial charge in [0.15, 0.2) is 0 Å². The quantitative estimate of drug-likeness (QED) is 0.434. The molecule has 0 aliphatic heterocycles. The summed E-state index contributed by atoms with van der Waals surface area (Å²) in [4.78, 5) is 27.5. The molecular weight excluding hydrogens is 372 g/mol. The molecule has 3 rings (SSSR count). The first-order chi connectivity index (χ1) is 13.7. The molecule has 29 heavy (non-hydrogen) atoms. The van der Waals surface area contributed by atoms with E-state index in [1.807, 2.05) is 25.2 Å². The van der Waals surface area contributed by atoms with Gasteiger partial charge >= 0.3 is 0 Å². The van der Waals surface area contributed by atoms with Crippen molar-refractivity contribution < 1.29 is 9.72 Å². The van der Waals surface area contributed by atoms with E-state index in [4.69, 9.17) is 10.7 Å². The number of nitrogens with zero attached hydrogens (tertiary/aromatic N) is 3. The molecule has 0 unspecified atom stereocenters. The molecule has 4 N–H and O–H groups in total. The monoisotopic (exact) mass is 396 g/mol. The van der Waals surface area contributed by atoms with Crippen LogP contribution in [-0.4, -0.2) is 38.8 Å². The second-order valence-corrected chi connectivity index (χ2v) is 7.68. The number of carbonyl (C=O) groups is 1. The van der Waals surface area contributed by atoms with E-state index in [1.54, 1.807) is 30.5 Å². The molecule has 9 heteroatoms. The van der Waals surface area contributed by atoms with E-state index in [9.17, 15) is 14.9 Å². The Morgan fingerprint density at radius 3 is 2.52 bits per heavy atom. The SMILES string of the molecule is CC(C)(C)Nc1c(-c2ccc([N+](=O)[O-])cc2)nc2cc(C(=O)NCCN)ccn12. The Hall–Kier alpha value is -3.46. The Bertz CT molecular complexity index is 1050. The minimum atomic E-state index is -0.437. The Morgan fingerprint density at radius 1 is 1.24 bits per heavy atom. The van der Waals surface area contributed by atoms with E-state index in [-0.39, 0.29) is 17.1 Å². The number of nitro groups is 1. The molecule has 152 valence electrons. The molecule has 0 aliphatic rings. The largest absolute Gasteiger partial charge is 0.365 e. The molecular formula is C20H24N6O3. The van der Waals surface area contributed by atoms with Crippen molar-refractivity contribution in [3.8, 4) is 11.3 Å². The standard InChI is InChI=1S/C20H24N6O3/c1-20(2,3)24-18-17(13-4-6-15(7-5-13)26(28)29)23-16-12-14(8-11-25(16)18)19(27)22-10-9-21/h4-8,11-12,24H,9-10,21H2,1-3H3,(H,22,27). The number of hydrogen-bond donors (Lipinski definition) is 3. The van der Waals surface area contributed by atoms with Gasteiger partial charge in [-0.05, 0) is 45.0 Å². The zero-order chi connectivity index (χ0) is 21.2. The first-order valence-corrected chi connectivity index (χ1v) is 9.23. The molecule has 0 atom stereocenters. The van der Waals surface area contributed by atoms with Crippen molar-refractivity contribution in [1.82, 2.24) is 14.7 Å². The number of non-ortho nitro benzene ring substituents is 1. The van der Waals surface area contributed by atoms with E-state index in [0.29, 0.717) is 30.0 Å². The maximum absolute atomic E-state index is 12.3. The van der Waals surface area contributed by atoms with E-state index in [2.05, 4.69) is 10.6 Å². The predicted octanol–water partition coefficient (Wildman–Crippen LogP) is 2.81. The third-order valence-electron chi connectivity index (χ3n) is 4.16. The zero-order valence-electron chi connectivity index (χ0n) is 16.6. The molecule has 0 saturated heterocycles. The highest BCUT2D eigenvalue weighted by atomic mass is 16.6. The van der Waals surface area contributed by atoms with Crippen molar-refractivity contribution in [2.24, 2.45) is 5.73 Å². The van der Waals surface area contributed by atoms with Crippen LogP contribution in [0.4, 0.5) is 11.5 Å². The first-order valence-electron chi connectivity index (χ1n) is 9.23. The van der Waals surface area contributed by atoms with E-state index in [0.717, 1.165) is 11.4 Å². The molecule has 0 saturated carbocycles. The summed E-state index contributed by atoms with van der Waals surface area (Å²) in [5.41, 5.74) is 7.66. The number of pyridine rings is 1. The lowest BCUT2D eigenvalue weighted by atomic mass is 10.1. The van der Waals surface area contributed by atoms with Crippen LogP contribution in [0, 0.1) is 10.1 Å². The van der Waals surface area contributed by atoms with Gasteiger partial charge in [0.1, 0.15) is 17.2 Å². The van der Waals surface area contributed by atoms with Crippen molar-refractivity contribution in [3.63, 3.8) is 0 Å². The van der Waals surface area contributed by atoms with Gasteiger partial charge in [-0.3, -0.25) is 19.3 Å². The minimum absolute atomic E-state index is 0.0155. The van der Waals surface area contributed by atoms with Crippen molar-refractivity contribution in [2.45, 2.75) is 26.3 Å². The van der Waals surface area contributed by atoms with Crippen LogP contribution in [-0.2, 0) is 0 Å². The minimum Gasteiger partial charge on any atom is -0.365 e. The van der Waals surface area contributed by atoms with Gasteiger partial charge < -0.3 is 16.4 Å². The smallest absolute Gasteiger partial charge is 0.269 e. The molecule has 0 bridgehead atoms. The second-order valence-electron chi connectivity index (χ2n) is 7.68. The Balaban J connectivity index is 2.10. The number of nitrogens with one attached hydrogen (secondary N) is 2. The highest BCUT2D eigenvalue weighted by Gasteiger charge is 2.20. The fraction of sp³-hybridized carbons (Fsp3) is 0.300. The van der Waals surface area contributed by atoms with Crippen LogP contribution >= 0.6 is 0 Å². The van der Waals surface area contributed by atoms with Crippen LogP contribution in [0.5, 0.6) is 0 Å². The molecule has 9 nitrogen and oxygen atoms in total. The number of amides is 1. The Labute approximate surface area is 168 Å². The summed E-state index contributed by atoms with van der Waals surface area (Å²) in [6.07, 6.45) is 1.78. The molecule has 2 aromatic heterocycles. The van der Waals surface area contributed by atoms with Crippen molar-refractivity contribution >= 4 is 23.1 Å². The number of imidazole rings is 1. The van der Waals surface area contributed by atoms with Crippen LogP contribution in [0.1, 0.15) is 31.1 Å². The zero-order valence-corrected chi connectivity index (χ0v) is 16.6. The number of anilines is 1. The van der Waals surface area contributed by atoms with Crippen molar-refractivity contribution in [1.29, 1.82) is 0 Å². The van der Waals surface area contributed by atoms with Gasteiger partial charge in [-0.2, -0.15) is 0 Å². The molecule has 0 spiro atoms. The normalized spacial score (nSPS) is 11.4. The van der Waals surface area contributed by atoms with Gasteiger partial charge in [0.25, 0.3) is 11.6 Å². The fourth-order valence-electron chi connectivity index (χ4n) is 2.89. The van der Waals surface area contributed by atoms with Gasteiger partial charge in [-0.1, -0.05) is 0 Å². The maximum Gasteiger partial charge on any atom is 0.269 e. The van der Waals surface area contributed by atoms with E-state index >= 15 is 0 Å². The second kappa shape index (κ2) is 7.88. The number of nitrogens with two attached hydrogens (primary N) is 1. The third-order valence-corrected chi connectivity index (χ3v) is 4.16. The summed E-state index contributed by atoms with van der Waals surface area (Å²) < 4.78 is 1.86. The molecule has 0 radical (unpaired) electrons. The molecule has 0 aliphatic carbocycles. The van der Waals surface area contributed by atoms with E-state index < -0.39 is 4.92 Å². The van der Waals surface area contributed by atoms with Gasteiger partial charge in [0, 0.05) is 48.1 Å². The number of fused-ring (bicyclic) bond motifs is 1. The number of nitro benzene ring substituents is 1. The lowest BCUT2D eigenvalue weighted by molar-refractivity contribution is -0.384. The molecule has 0 fully saturated rings. The third kappa shape index (κ3) is 4.52. The summed E-state index contributed by atoms with van der Waals surface area (Å²) in [5, 5.41) is 17.1. The summed E-state index contributed by atoms with van der Waals surface area (Å²) in [6, 6.07) is 9.66. The van der Waals surface area contributed by atoms with Crippen LogP contribution in [0.15, 0.2) is 42.6 Å². The number of rotatable bonds is 6. The molecule has 1 amide bonds. The summed E-state index contributed by atoms with van der Waals surface area (Å²) in [7, 11) is 0. The van der Waals surface area contributed by atoms with Gasteiger partial charge in [-0.15, -0.1) is 0 Å². The highest BCUT2D eigenvalue weighted by Crippen LogP contribution is 2.32. The summed E-state index contributed by atoms with van der Waals surface area (Å²) in [5.74, 6) is 0.526. The number of benzene rings is 1. The van der Waals surface area contributed by atoms with Gasteiger partial charge in [0.05, 0.1) is 4.92 Å². The Morgan fingerprint density at radius 2 is 1.93 bits per heavy atom.